The van der Waals surface area contributed by atoms with Gasteiger partial charge in [-0.05, 0) is 25.1 Å². The van der Waals surface area contributed by atoms with Crippen LogP contribution >= 0.6 is 15.9 Å². The van der Waals surface area contributed by atoms with Crippen molar-refractivity contribution >= 4 is 15.9 Å². The second-order valence-corrected chi connectivity index (χ2v) is 6.95. The molecule has 120 valence electrons. The molecule has 2 heterocycles. The van der Waals surface area contributed by atoms with Crippen LogP contribution in [0.4, 0.5) is 0 Å². The van der Waals surface area contributed by atoms with Gasteiger partial charge >= 0.3 is 0 Å². The zero-order chi connectivity index (χ0) is 15.9. The van der Waals surface area contributed by atoms with Crippen molar-refractivity contribution in [2.75, 3.05) is 27.2 Å². The SMILES string of the molecule is C=C[C@H](O)CC1Oc2c(OC)cc(Br)c3c2C1CN(C)CC3. The van der Waals surface area contributed by atoms with Crippen molar-refractivity contribution in [1.29, 1.82) is 0 Å². The first kappa shape index (κ1) is 15.8. The average Bonchev–Trinajstić information content (AvgIpc) is 2.73. The Morgan fingerprint density at radius 3 is 3.09 bits per heavy atom. The van der Waals surface area contributed by atoms with Gasteiger partial charge in [-0.15, -0.1) is 6.58 Å². The van der Waals surface area contributed by atoms with E-state index in [1.165, 1.54) is 11.1 Å². The van der Waals surface area contributed by atoms with Crippen LogP contribution in [0.1, 0.15) is 23.5 Å². The van der Waals surface area contributed by atoms with E-state index in [1.54, 1.807) is 13.2 Å². The highest BCUT2D eigenvalue weighted by atomic mass is 79.9. The number of aliphatic hydroxyl groups excluding tert-OH is 1. The normalized spacial score (nSPS) is 25.1. The lowest BCUT2D eigenvalue weighted by Crippen LogP contribution is -2.32. The van der Waals surface area contributed by atoms with Crippen LogP contribution in [0, 0.1) is 0 Å². The van der Waals surface area contributed by atoms with Crippen LogP contribution in [0.5, 0.6) is 11.5 Å². The Labute approximate surface area is 139 Å². The molecule has 0 aromatic heterocycles. The molecule has 0 saturated carbocycles. The lowest BCUT2D eigenvalue weighted by atomic mass is 9.89. The average molecular weight is 368 g/mol. The van der Waals surface area contributed by atoms with Gasteiger partial charge in [0, 0.05) is 35.5 Å². The standard InChI is InChI=1S/C17H22BrNO3/c1-4-10(20)7-14-12-9-19(2)6-5-11-13(18)8-15(21-3)17(22-14)16(11)12/h4,8,10,12,14,20H,1,5-7,9H2,2-3H3/t10-,12?,14?/m0/s1. The maximum Gasteiger partial charge on any atom is 0.165 e. The second-order valence-electron chi connectivity index (χ2n) is 6.10. The minimum atomic E-state index is -0.550. The Morgan fingerprint density at radius 1 is 1.64 bits per heavy atom. The Balaban J connectivity index is 2.06. The van der Waals surface area contributed by atoms with Crippen molar-refractivity contribution in [2.45, 2.75) is 31.0 Å². The molecule has 0 fully saturated rings. The van der Waals surface area contributed by atoms with Gasteiger partial charge < -0.3 is 19.5 Å². The highest BCUT2D eigenvalue weighted by molar-refractivity contribution is 9.10. The maximum absolute atomic E-state index is 9.96. The van der Waals surface area contributed by atoms with Gasteiger partial charge in [-0.2, -0.15) is 0 Å². The lowest BCUT2D eigenvalue weighted by molar-refractivity contribution is 0.110. The molecular formula is C17H22BrNO3. The molecule has 2 aliphatic rings. The van der Waals surface area contributed by atoms with E-state index in [2.05, 4.69) is 34.5 Å². The number of ether oxygens (including phenoxy) is 2. The molecule has 3 rings (SSSR count). The van der Waals surface area contributed by atoms with Crippen molar-refractivity contribution < 1.29 is 14.6 Å². The molecule has 5 heteroatoms. The van der Waals surface area contributed by atoms with Crippen molar-refractivity contribution in [3.05, 3.63) is 34.3 Å². The number of hydrogen-bond donors (Lipinski definition) is 1. The predicted molar refractivity (Wildman–Crippen MR) is 89.9 cm³/mol. The number of nitrogens with zero attached hydrogens (tertiary/aromatic N) is 1. The third kappa shape index (κ3) is 2.66. The summed E-state index contributed by atoms with van der Waals surface area (Å²) >= 11 is 3.68. The summed E-state index contributed by atoms with van der Waals surface area (Å²) in [5, 5.41) is 9.96. The summed E-state index contributed by atoms with van der Waals surface area (Å²) in [6.45, 7) is 5.61. The van der Waals surface area contributed by atoms with Crippen molar-refractivity contribution in [1.82, 2.24) is 4.90 Å². The van der Waals surface area contributed by atoms with E-state index < -0.39 is 6.10 Å². The van der Waals surface area contributed by atoms with E-state index in [0.29, 0.717) is 6.42 Å². The first-order chi connectivity index (χ1) is 10.5. The summed E-state index contributed by atoms with van der Waals surface area (Å²) in [5.41, 5.74) is 2.55. The molecule has 1 N–H and O–H groups in total. The Hall–Kier alpha value is -1.04. The van der Waals surface area contributed by atoms with Gasteiger partial charge in [-0.1, -0.05) is 22.0 Å². The zero-order valence-corrected chi connectivity index (χ0v) is 14.6. The monoisotopic (exact) mass is 367 g/mol. The van der Waals surface area contributed by atoms with Gasteiger partial charge in [0.2, 0.25) is 0 Å². The van der Waals surface area contributed by atoms with Gasteiger partial charge in [-0.3, -0.25) is 0 Å². The van der Waals surface area contributed by atoms with Crippen LogP contribution in [-0.4, -0.2) is 49.5 Å². The van der Waals surface area contributed by atoms with Gasteiger partial charge in [0.1, 0.15) is 6.10 Å². The molecule has 4 nitrogen and oxygen atoms in total. The number of aliphatic hydroxyl groups is 1. The first-order valence-electron chi connectivity index (χ1n) is 7.60. The molecule has 1 aromatic carbocycles. The Bertz CT molecular complexity index is 590. The molecular weight excluding hydrogens is 346 g/mol. The summed E-state index contributed by atoms with van der Waals surface area (Å²) < 4.78 is 12.8. The van der Waals surface area contributed by atoms with E-state index in [-0.39, 0.29) is 12.0 Å². The zero-order valence-electron chi connectivity index (χ0n) is 13.0. The minimum absolute atomic E-state index is 0.0505. The van der Waals surface area contributed by atoms with Crippen LogP contribution in [0.25, 0.3) is 0 Å². The third-order valence-electron chi connectivity index (χ3n) is 4.65. The van der Waals surface area contributed by atoms with Crippen LogP contribution < -0.4 is 9.47 Å². The molecule has 3 atom stereocenters. The van der Waals surface area contributed by atoms with Gasteiger partial charge in [0.05, 0.1) is 13.2 Å². The quantitative estimate of drug-likeness (QED) is 0.830. The molecule has 2 aliphatic heterocycles. The molecule has 1 aromatic rings. The molecule has 0 bridgehead atoms. The molecule has 0 radical (unpaired) electrons. The minimum Gasteiger partial charge on any atom is -0.493 e. The second kappa shape index (κ2) is 6.22. The van der Waals surface area contributed by atoms with Gasteiger partial charge in [0.25, 0.3) is 0 Å². The highest BCUT2D eigenvalue weighted by Crippen LogP contribution is 2.50. The van der Waals surface area contributed by atoms with Crippen LogP contribution in [0.3, 0.4) is 0 Å². The molecule has 0 amide bonds. The largest absolute Gasteiger partial charge is 0.493 e. The van der Waals surface area contributed by atoms with Crippen molar-refractivity contribution in [3.8, 4) is 11.5 Å². The van der Waals surface area contributed by atoms with E-state index >= 15 is 0 Å². The van der Waals surface area contributed by atoms with Crippen molar-refractivity contribution in [2.24, 2.45) is 0 Å². The first-order valence-corrected chi connectivity index (χ1v) is 8.39. The summed E-state index contributed by atoms with van der Waals surface area (Å²) in [7, 11) is 3.80. The van der Waals surface area contributed by atoms with Crippen molar-refractivity contribution in [3.63, 3.8) is 0 Å². The molecule has 0 aliphatic carbocycles. The fraction of sp³-hybridized carbons (Fsp3) is 0.529. The molecule has 22 heavy (non-hydrogen) atoms. The van der Waals surface area contributed by atoms with Gasteiger partial charge in [-0.25, -0.2) is 0 Å². The number of hydrogen-bond acceptors (Lipinski definition) is 4. The number of likely N-dealkylation sites (N-methyl/N-ethyl adjacent to an activating group) is 1. The topological polar surface area (TPSA) is 41.9 Å². The lowest BCUT2D eigenvalue weighted by Gasteiger charge is -2.23. The molecule has 2 unspecified atom stereocenters. The van der Waals surface area contributed by atoms with Crippen LogP contribution in [-0.2, 0) is 6.42 Å². The summed E-state index contributed by atoms with van der Waals surface area (Å²) in [6.07, 6.45) is 2.51. The van der Waals surface area contributed by atoms with Crippen LogP contribution in [0.15, 0.2) is 23.2 Å². The predicted octanol–water partition coefficient (Wildman–Crippen LogP) is 2.73. The fourth-order valence-electron chi connectivity index (χ4n) is 3.49. The number of rotatable bonds is 4. The van der Waals surface area contributed by atoms with Crippen LogP contribution in [0.2, 0.25) is 0 Å². The van der Waals surface area contributed by atoms with E-state index in [4.69, 9.17) is 9.47 Å². The molecule has 0 spiro atoms. The Morgan fingerprint density at radius 2 is 2.41 bits per heavy atom. The summed E-state index contributed by atoms with van der Waals surface area (Å²) in [5.74, 6) is 1.86. The maximum atomic E-state index is 9.96. The summed E-state index contributed by atoms with van der Waals surface area (Å²) in [4.78, 5) is 2.33. The van der Waals surface area contributed by atoms with E-state index in [9.17, 15) is 5.11 Å². The Kier molecular flexibility index (Phi) is 4.48. The third-order valence-corrected chi connectivity index (χ3v) is 5.35. The number of halogens is 1. The van der Waals surface area contributed by atoms with Gasteiger partial charge in [0.15, 0.2) is 11.5 Å². The number of methoxy groups -OCH3 is 1. The number of benzene rings is 1. The molecule has 0 saturated heterocycles. The van der Waals surface area contributed by atoms with E-state index in [1.807, 2.05) is 6.07 Å². The smallest absolute Gasteiger partial charge is 0.165 e. The fourth-order valence-corrected chi connectivity index (χ4v) is 4.11. The highest BCUT2D eigenvalue weighted by Gasteiger charge is 2.41. The van der Waals surface area contributed by atoms with E-state index in [0.717, 1.165) is 35.5 Å². The summed E-state index contributed by atoms with van der Waals surface area (Å²) in [6, 6.07) is 1.99.